The van der Waals surface area contributed by atoms with E-state index in [0.29, 0.717) is 0 Å². The van der Waals surface area contributed by atoms with Gasteiger partial charge in [0, 0.05) is 38.2 Å². The van der Waals surface area contributed by atoms with Crippen molar-refractivity contribution in [3.05, 3.63) is 167 Å². The molecule has 1 aliphatic carbocycles. The van der Waals surface area contributed by atoms with Crippen LogP contribution in [-0.4, -0.2) is 4.40 Å². The van der Waals surface area contributed by atoms with E-state index < -0.39 is 0 Å². The Bertz CT molecular complexity index is 3010. The van der Waals surface area contributed by atoms with E-state index in [1.54, 1.807) is 0 Å². The summed E-state index contributed by atoms with van der Waals surface area (Å²) in [7, 11) is 0. The molecule has 3 N–H and O–H groups in total. The predicted octanol–water partition coefficient (Wildman–Crippen LogP) is 12.8. The summed E-state index contributed by atoms with van der Waals surface area (Å²) in [5.74, 6) is 0.210. The van der Waals surface area contributed by atoms with Crippen molar-refractivity contribution in [1.29, 1.82) is 0 Å². The molecule has 6 aromatic carbocycles. The second-order valence-electron chi connectivity index (χ2n) is 14.7. The molecule has 2 atom stereocenters. The van der Waals surface area contributed by atoms with E-state index in [9.17, 15) is 0 Å². The predicted molar refractivity (Wildman–Crippen MR) is 224 cm³/mol. The van der Waals surface area contributed by atoms with Gasteiger partial charge in [0.2, 0.25) is 0 Å². The third-order valence-corrected chi connectivity index (χ3v) is 11.7. The molecule has 4 heteroatoms. The summed E-state index contributed by atoms with van der Waals surface area (Å²) in [6.45, 7) is 2.29. The van der Waals surface area contributed by atoms with Crippen molar-refractivity contribution in [2.24, 2.45) is 0 Å². The number of nitrogen functional groups attached to an aromatic ring is 1. The van der Waals surface area contributed by atoms with E-state index in [4.69, 9.17) is 10.2 Å². The van der Waals surface area contributed by atoms with Crippen LogP contribution in [0.1, 0.15) is 58.8 Å². The molecule has 0 amide bonds. The molecule has 2 aliphatic rings. The lowest BCUT2D eigenvalue weighted by Crippen LogP contribution is -2.14. The van der Waals surface area contributed by atoms with Gasteiger partial charge in [-0.25, -0.2) is 0 Å². The lowest BCUT2D eigenvalue weighted by atomic mass is 9.92. The fraction of sp³-hybridized carbons (Fsp3) is 0.102. The molecule has 53 heavy (non-hydrogen) atoms. The van der Waals surface area contributed by atoms with E-state index >= 15 is 0 Å². The Kier molecular flexibility index (Phi) is 6.54. The number of rotatable bonds is 5. The SMILES string of the molecule is CC(/C=C\c1ccc2c(c1N)NC(c1ccc(-c3cccc4c3oc3ccccc34)cc1)C=C2)c1cc2c3c(n4c5ccccc5c(c1)c24)C=CCC3. The second-order valence-corrected chi connectivity index (χ2v) is 14.7. The lowest BCUT2D eigenvalue weighted by Gasteiger charge is -2.25. The van der Waals surface area contributed by atoms with Crippen LogP contribution < -0.4 is 11.1 Å². The van der Waals surface area contributed by atoms with Crippen LogP contribution in [0.4, 0.5) is 11.4 Å². The second kappa shape index (κ2) is 11.5. The van der Waals surface area contributed by atoms with Gasteiger partial charge >= 0.3 is 0 Å². The molecule has 3 aromatic heterocycles. The summed E-state index contributed by atoms with van der Waals surface area (Å²) in [6.07, 6.45) is 15.7. The Balaban J connectivity index is 0.882. The van der Waals surface area contributed by atoms with Crippen molar-refractivity contribution >= 4 is 78.7 Å². The first-order valence-electron chi connectivity index (χ1n) is 18.6. The fourth-order valence-electron chi connectivity index (χ4n) is 8.90. The first-order chi connectivity index (χ1) is 26.1. The minimum absolute atomic E-state index is 0.00887. The molecule has 1 aliphatic heterocycles. The number of aromatic nitrogens is 1. The third kappa shape index (κ3) is 4.55. The zero-order valence-corrected chi connectivity index (χ0v) is 29.4. The first-order valence-corrected chi connectivity index (χ1v) is 18.6. The molecule has 4 nitrogen and oxygen atoms in total. The molecule has 0 saturated carbocycles. The van der Waals surface area contributed by atoms with Gasteiger partial charge < -0.3 is 19.9 Å². The number of hydrogen-bond acceptors (Lipinski definition) is 3. The molecule has 0 saturated heterocycles. The van der Waals surface area contributed by atoms with Crippen molar-refractivity contribution < 1.29 is 4.42 Å². The van der Waals surface area contributed by atoms with Gasteiger partial charge in [-0.15, -0.1) is 0 Å². The number of allylic oxidation sites excluding steroid dienone is 2. The standard InChI is InChI=1S/C49H37N3O/c1-29(34-27-40-36-9-2-5-14-43(36)52-44-15-6-3-10-37(44)41(28-34)48(40)52)17-18-32-23-24-33-25-26-42(51-47(33)46(32)50)31-21-19-30(20-22-31)35-12-8-13-39-38-11-4-7-16-45(38)53-49(35)39/h2,4-9,11-29,42,51H,3,10,50H2,1H3/b18-17-. The molecule has 0 bridgehead atoms. The number of hydrogen-bond donors (Lipinski definition) is 2. The van der Waals surface area contributed by atoms with Crippen LogP contribution in [0.15, 0.2) is 138 Å². The van der Waals surface area contributed by atoms with E-state index in [1.807, 2.05) is 12.1 Å². The number of anilines is 2. The molecule has 0 fully saturated rings. The molecule has 2 unspecified atom stereocenters. The number of nitrogens with one attached hydrogen (secondary N) is 1. The van der Waals surface area contributed by atoms with Crippen LogP contribution >= 0.6 is 0 Å². The maximum atomic E-state index is 6.93. The number of benzene rings is 6. The average molecular weight is 684 g/mol. The largest absolute Gasteiger partial charge is 0.455 e. The van der Waals surface area contributed by atoms with E-state index in [-0.39, 0.29) is 12.0 Å². The van der Waals surface area contributed by atoms with Gasteiger partial charge in [0.15, 0.2) is 0 Å². The zero-order chi connectivity index (χ0) is 35.2. The Labute approximate surface area is 307 Å². The summed E-state index contributed by atoms with van der Waals surface area (Å²) in [5, 5.41) is 10.1. The minimum atomic E-state index is 0.00887. The first kappa shape index (κ1) is 30.1. The van der Waals surface area contributed by atoms with Crippen LogP contribution in [0.5, 0.6) is 0 Å². The molecular weight excluding hydrogens is 647 g/mol. The Morgan fingerprint density at radius 3 is 2.53 bits per heavy atom. The quantitative estimate of drug-likeness (QED) is 0.178. The molecule has 254 valence electrons. The topological polar surface area (TPSA) is 55.6 Å². The van der Waals surface area contributed by atoms with Crippen molar-refractivity contribution in [3.63, 3.8) is 0 Å². The summed E-state index contributed by atoms with van der Waals surface area (Å²) < 4.78 is 8.80. The summed E-state index contributed by atoms with van der Waals surface area (Å²) >= 11 is 0. The van der Waals surface area contributed by atoms with Gasteiger partial charge in [-0.05, 0) is 82.5 Å². The van der Waals surface area contributed by atoms with Gasteiger partial charge in [-0.2, -0.15) is 0 Å². The highest BCUT2D eigenvalue weighted by atomic mass is 16.3. The van der Waals surface area contributed by atoms with Crippen molar-refractivity contribution in [3.8, 4) is 11.1 Å². The van der Waals surface area contributed by atoms with E-state index in [0.717, 1.165) is 68.4 Å². The average Bonchev–Trinajstić information content (AvgIpc) is 3.87. The Morgan fingerprint density at radius 1 is 0.811 bits per heavy atom. The zero-order valence-electron chi connectivity index (χ0n) is 29.4. The van der Waals surface area contributed by atoms with Gasteiger partial charge in [-0.1, -0.05) is 128 Å². The maximum Gasteiger partial charge on any atom is 0.143 e. The van der Waals surface area contributed by atoms with Crippen LogP contribution in [0.25, 0.3) is 78.5 Å². The minimum Gasteiger partial charge on any atom is -0.455 e. The van der Waals surface area contributed by atoms with Crippen LogP contribution in [-0.2, 0) is 6.42 Å². The molecule has 9 aromatic rings. The highest BCUT2D eigenvalue weighted by molar-refractivity contribution is 6.17. The number of furan rings is 1. The van der Waals surface area contributed by atoms with Crippen LogP contribution in [0, 0.1) is 0 Å². The van der Waals surface area contributed by atoms with Gasteiger partial charge in [0.1, 0.15) is 11.2 Å². The van der Waals surface area contributed by atoms with E-state index in [2.05, 4.69) is 156 Å². The molecule has 11 rings (SSSR count). The summed E-state index contributed by atoms with van der Waals surface area (Å²) in [5.41, 5.74) is 22.8. The molecule has 4 heterocycles. The van der Waals surface area contributed by atoms with Crippen LogP contribution in [0.2, 0.25) is 0 Å². The lowest BCUT2D eigenvalue weighted by molar-refractivity contribution is 0.670. The van der Waals surface area contributed by atoms with Gasteiger partial charge in [-0.3, -0.25) is 0 Å². The van der Waals surface area contributed by atoms with E-state index in [1.165, 1.54) is 49.6 Å². The fourth-order valence-corrected chi connectivity index (χ4v) is 8.90. The molecule has 0 spiro atoms. The number of nitrogens with two attached hydrogens (primary N) is 1. The van der Waals surface area contributed by atoms with Crippen molar-refractivity contribution in [1.82, 2.24) is 4.40 Å². The Morgan fingerprint density at radius 2 is 1.62 bits per heavy atom. The molecular formula is C49H37N3O. The normalized spacial score (nSPS) is 16.0. The smallest absolute Gasteiger partial charge is 0.143 e. The number of aryl methyl sites for hydroxylation is 1. The summed E-state index contributed by atoms with van der Waals surface area (Å²) in [6, 6.07) is 41.4. The molecule has 0 radical (unpaired) electrons. The Hall–Kier alpha value is -6.52. The monoisotopic (exact) mass is 683 g/mol. The van der Waals surface area contributed by atoms with Crippen molar-refractivity contribution in [2.75, 3.05) is 11.1 Å². The summed E-state index contributed by atoms with van der Waals surface area (Å²) in [4.78, 5) is 0. The number of nitrogens with zero attached hydrogens (tertiary/aromatic N) is 1. The van der Waals surface area contributed by atoms with Crippen molar-refractivity contribution in [2.45, 2.75) is 31.7 Å². The highest BCUT2D eigenvalue weighted by Crippen LogP contribution is 2.43. The highest BCUT2D eigenvalue weighted by Gasteiger charge is 2.23. The van der Waals surface area contributed by atoms with Gasteiger partial charge in [0.25, 0.3) is 0 Å². The van der Waals surface area contributed by atoms with Crippen LogP contribution in [0.3, 0.4) is 0 Å². The van der Waals surface area contributed by atoms with Gasteiger partial charge in [0.05, 0.1) is 28.5 Å². The third-order valence-electron chi connectivity index (χ3n) is 11.7. The maximum absolute atomic E-state index is 6.93. The number of para-hydroxylation sites is 3. The number of fused-ring (bicyclic) bond motifs is 10.